The van der Waals surface area contributed by atoms with Gasteiger partial charge in [0.2, 0.25) is 5.78 Å². The Morgan fingerprint density at radius 1 is 1.10 bits per heavy atom. The number of ketones is 1. The van der Waals surface area contributed by atoms with E-state index in [4.69, 9.17) is 21.4 Å². The largest absolute Gasteiger partial charge is 0.485 e. The van der Waals surface area contributed by atoms with Gasteiger partial charge in [-0.05, 0) is 36.2 Å². The normalized spacial score (nSPS) is 10.3. The fraction of sp³-hybridized carbons (Fsp3) is 0.188. The highest BCUT2D eigenvalue weighted by atomic mass is 35.5. The van der Waals surface area contributed by atoms with Gasteiger partial charge in [0, 0.05) is 12.2 Å². The molecule has 0 heterocycles. The summed E-state index contributed by atoms with van der Waals surface area (Å²) in [6.45, 7) is 0.0638. The minimum Gasteiger partial charge on any atom is -0.485 e. The van der Waals surface area contributed by atoms with Gasteiger partial charge in [-0.2, -0.15) is 0 Å². The van der Waals surface area contributed by atoms with Crippen LogP contribution in [0, 0.1) is 0 Å². The van der Waals surface area contributed by atoms with Crippen LogP contribution in [0.5, 0.6) is 5.75 Å². The molecule has 2 aromatic carbocycles. The average Bonchev–Trinajstić information content (AvgIpc) is 2.47. The molecule has 4 heteroatoms. The number of aliphatic hydroxyl groups excluding tert-OH is 1. The van der Waals surface area contributed by atoms with Crippen molar-refractivity contribution in [1.82, 2.24) is 0 Å². The van der Waals surface area contributed by atoms with Crippen LogP contribution in [0.2, 0.25) is 5.02 Å². The molecule has 0 spiro atoms. The molecule has 2 rings (SSSR count). The molecule has 104 valence electrons. The molecule has 0 aromatic heterocycles. The van der Waals surface area contributed by atoms with Crippen LogP contribution >= 0.6 is 11.6 Å². The van der Waals surface area contributed by atoms with Gasteiger partial charge in [0.15, 0.2) is 6.61 Å². The number of aliphatic hydroxyl groups is 1. The predicted molar refractivity (Wildman–Crippen MR) is 78.5 cm³/mol. The van der Waals surface area contributed by atoms with E-state index in [-0.39, 0.29) is 19.0 Å². The lowest BCUT2D eigenvalue weighted by molar-refractivity contribution is 0.0921. The summed E-state index contributed by atoms with van der Waals surface area (Å²) in [7, 11) is 0. The standard InChI is InChI=1S/C16H15ClO3/c17-15-4-2-1-3-14(15)16(19)11-20-13-7-5-12(6-8-13)9-10-18/h1-8,18H,9-11H2. The van der Waals surface area contributed by atoms with Crippen molar-refractivity contribution in [2.24, 2.45) is 0 Å². The fourth-order valence-electron chi connectivity index (χ4n) is 1.80. The number of ether oxygens (including phenoxy) is 1. The zero-order chi connectivity index (χ0) is 14.4. The van der Waals surface area contributed by atoms with Crippen LogP contribution in [-0.2, 0) is 6.42 Å². The van der Waals surface area contributed by atoms with E-state index in [1.54, 1.807) is 36.4 Å². The Bertz CT molecular complexity index is 579. The van der Waals surface area contributed by atoms with E-state index in [9.17, 15) is 4.79 Å². The number of carbonyl (C=O) groups is 1. The number of hydrogen-bond donors (Lipinski definition) is 1. The van der Waals surface area contributed by atoms with Gasteiger partial charge in [0.25, 0.3) is 0 Å². The number of rotatable bonds is 6. The van der Waals surface area contributed by atoms with Crippen molar-refractivity contribution in [1.29, 1.82) is 0 Å². The summed E-state index contributed by atoms with van der Waals surface area (Å²) in [6, 6.07) is 14.2. The zero-order valence-electron chi connectivity index (χ0n) is 10.9. The summed E-state index contributed by atoms with van der Waals surface area (Å²) in [6.07, 6.45) is 0.610. The molecular formula is C16H15ClO3. The van der Waals surface area contributed by atoms with E-state index < -0.39 is 0 Å². The first kappa shape index (κ1) is 14.6. The third-order valence-electron chi connectivity index (χ3n) is 2.87. The average molecular weight is 291 g/mol. The first-order valence-corrected chi connectivity index (χ1v) is 6.69. The van der Waals surface area contributed by atoms with Crippen LogP contribution in [0.3, 0.4) is 0 Å². The molecule has 0 saturated heterocycles. The number of carbonyl (C=O) groups excluding carboxylic acids is 1. The van der Waals surface area contributed by atoms with Crippen molar-refractivity contribution < 1.29 is 14.6 Å². The molecule has 0 bridgehead atoms. The summed E-state index contributed by atoms with van der Waals surface area (Å²) >= 11 is 5.96. The van der Waals surface area contributed by atoms with Gasteiger partial charge < -0.3 is 9.84 Å². The zero-order valence-corrected chi connectivity index (χ0v) is 11.6. The summed E-state index contributed by atoms with van der Waals surface area (Å²) in [4.78, 5) is 12.0. The number of Topliss-reactive ketones (excluding diaryl/α,β-unsaturated/α-hetero) is 1. The molecule has 0 atom stereocenters. The highest BCUT2D eigenvalue weighted by Gasteiger charge is 2.10. The van der Waals surface area contributed by atoms with Crippen molar-refractivity contribution in [2.45, 2.75) is 6.42 Å². The molecule has 2 aromatic rings. The molecule has 0 aliphatic rings. The Kier molecular flexibility index (Phi) is 5.16. The summed E-state index contributed by atoms with van der Waals surface area (Å²) in [5, 5.41) is 9.26. The Balaban J connectivity index is 1.95. The lowest BCUT2D eigenvalue weighted by Gasteiger charge is -2.07. The van der Waals surface area contributed by atoms with E-state index in [1.807, 2.05) is 12.1 Å². The quantitative estimate of drug-likeness (QED) is 0.832. The number of halogens is 1. The van der Waals surface area contributed by atoms with Crippen LogP contribution in [0.25, 0.3) is 0 Å². The van der Waals surface area contributed by atoms with Crippen molar-refractivity contribution in [3.05, 3.63) is 64.7 Å². The first-order valence-electron chi connectivity index (χ1n) is 6.31. The molecule has 0 amide bonds. The van der Waals surface area contributed by atoms with Crippen molar-refractivity contribution in [3.63, 3.8) is 0 Å². The van der Waals surface area contributed by atoms with E-state index in [1.165, 1.54) is 0 Å². The number of hydrogen-bond acceptors (Lipinski definition) is 3. The Labute approximate surface area is 122 Å². The molecule has 0 fully saturated rings. The van der Waals surface area contributed by atoms with Crippen LogP contribution in [0.1, 0.15) is 15.9 Å². The third kappa shape index (κ3) is 3.83. The second-order valence-corrected chi connectivity index (χ2v) is 4.72. The number of benzene rings is 2. The predicted octanol–water partition coefficient (Wildman–Crippen LogP) is 3.14. The monoisotopic (exact) mass is 290 g/mol. The molecule has 0 aliphatic carbocycles. The van der Waals surface area contributed by atoms with Gasteiger partial charge in [-0.15, -0.1) is 0 Å². The van der Waals surface area contributed by atoms with Crippen LogP contribution in [-0.4, -0.2) is 24.1 Å². The highest BCUT2D eigenvalue weighted by molar-refractivity contribution is 6.34. The van der Waals surface area contributed by atoms with Gasteiger partial charge in [-0.25, -0.2) is 0 Å². The molecule has 20 heavy (non-hydrogen) atoms. The fourth-order valence-corrected chi connectivity index (χ4v) is 2.04. The van der Waals surface area contributed by atoms with Crippen LogP contribution in [0.15, 0.2) is 48.5 Å². The maximum Gasteiger partial charge on any atom is 0.201 e. The van der Waals surface area contributed by atoms with E-state index in [2.05, 4.69) is 0 Å². The molecule has 0 radical (unpaired) electrons. The minimum atomic E-state index is -0.157. The maximum atomic E-state index is 12.0. The van der Waals surface area contributed by atoms with Gasteiger partial charge in [-0.3, -0.25) is 4.79 Å². The van der Waals surface area contributed by atoms with Gasteiger partial charge >= 0.3 is 0 Å². The summed E-state index contributed by atoms with van der Waals surface area (Å²) in [5.74, 6) is 0.460. The molecular weight excluding hydrogens is 276 g/mol. The SMILES string of the molecule is O=C(COc1ccc(CCO)cc1)c1ccccc1Cl. The van der Waals surface area contributed by atoms with Crippen molar-refractivity contribution in [3.8, 4) is 5.75 Å². The smallest absolute Gasteiger partial charge is 0.201 e. The van der Waals surface area contributed by atoms with Gasteiger partial charge in [-0.1, -0.05) is 35.9 Å². The second-order valence-electron chi connectivity index (χ2n) is 4.31. The molecule has 0 aliphatic heterocycles. The lowest BCUT2D eigenvalue weighted by atomic mass is 10.1. The molecule has 0 saturated carbocycles. The van der Waals surface area contributed by atoms with Crippen molar-refractivity contribution in [2.75, 3.05) is 13.2 Å². The van der Waals surface area contributed by atoms with Gasteiger partial charge in [0.05, 0.1) is 5.02 Å². The Hall–Kier alpha value is -1.84. The van der Waals surface area contributed by atoms with E-state index in [0.717, 1.165) is 5.56 Å². The first-order chi connectivity index (χ1) is 9.70. The Morgan fingerprint density at radius 2 is 1.80 bits per heavy atom. The Morgan fingerprint density at radius 3 is 2.45 bits per heavy atom. The van der Waals surface area contributed by atoms with Crippen LogP contribution < -0.4 is 4.74 Å². The highest BCUT2D eigenvalue weighted by Crippen LogP contribution is 2.17. The van der Waals surface area contributed by atoms with Crippen LogP contribution in [0.4, 0.5) is 0 Å². The summed E-state index contributed by atoms with van der Waals surface area (Å²) in [5.41, 5.74) is 1.49. The third-order valence-corrected chi connectivity index (χ3v) is 3.20. The molecule has 3 nitrogen and oxygen atoms in total. The second kappa shape index (κ2) is 7.08. The maximum absolute atomic E-state index is 12.0. The van der Waals surface area contributed by atoms with E-state index >= 15 is 0 Å². The topological polar surface area (TPSA) is 46.5 Å². The summed E-state index contributed by atoms with van der Waals surface area (Å²) < 4.78 is 5.44. The van der Waals surface area contributed by atoms with Crippen molar-refractivity contribution >= 4 is 17.4 Å². The molecule has 1 N–H and O–H groups in total. The van der Waals surface area contributed by atoms with Gasteiger partial charge in [0.1, 0.15) is 5.75 Å². The minimum absolute atomic E-state index is 0.0525. The van der Waals surface area contributed by atoms with E-state index in [0.29, 0.717) is 22.8 Å². The lowest BCUT2D eigenvalue weighted by Crippen LogP contribution is -2.12. The molecule has 0 unspecified atom stereocenters.